The maximum absolute atomic E-state index is 11.2. The number of piperazine rings is 1. The molecule has 0 bridgehead atoms. The van der Waals surface area contributed by atoms with E-state index in [2.05, 4.69) is 111 Å². The summed E-state index contributed by atoms with van der Waals surface area (Å²) in [5.74, 6) is 0. The predicted octanol–water partition coefficient (Wildman–Crippen LogP) is 5.54. The molecule has 0 saturated carbocycles. The first-order valence-corrected chi connectivity index (χ1v) is 13.1. The van der Waals surface area contributed by atoms with E-state index in [1.165, 1.54) is 44.1 Å². The number of hydrogen-bond donors (Lipinski definition) is 1. The number of aliphatic hydroxyl groups is 1. The summed E-state index contributed by atoms with van der Waals surface area (Å²) in [5, 5.41) is 13.7. The fourth-order valence-corrected chi connectivity index (χ4v) is 6.49. The number of aromatic nitrogens is 1. The van der Waals surface area contributed by atoms with Crippen molar-refractivity contribution in [2.45, 2.75) is 18.7 Å². The molecular formula is C32H31N3O. The number of β-amino-alcohol motifs (C(OH)–C–C–N with tert-alkyl or cyclic N) is 1. The summed E-state index contributed by atoms with van der Waals surface area (Å²) in [6, 6.07) is 35.1. The van der Waals surface area contributed by atoms with Crippen molar-refractivity contribution in [2.24, 2.45) is 0 Å². The van der Waals surface area contributed by atoms with Crippen LogP contribution in [0.2, 0.25) is 0 Å². The van der Waals surface area contributed by atoms with Crippen molar-refractivity contribution in [1.82, 2.24) is 14.4 Å². The zero-order chi connectivity index (χ0) is 24.1. The monoisotopic (exact) mass is 473 g/mol. The van der Waals surface area contributed by atoms with Crippen LogP contribution in [0.3, 0.4) is 0 Å². The van der Waals surface area contributed by atoms with Crippen LogP contribution in [0.15, 0.2) is 97.1 Å². The Kier molecular flexibility index (Phi) is 5.39. The molecule has 4 nitrogen and oxygen atoms in total. The van der Waals surface area contributed by atoms with E-state index >= 15 is 0 Å². The highest BCUT2D eigenvalue weighted by Crippen LogP contribution is 2.46. The Hall–Kier alpha value is -3.44. The Morgan fingerprint density at radius 1 is 0.611 bits per heavy atom. The fourth-order valence-electron chi connectivity index (χ4n) is 6.49. The summed E-state index contributed by atoms with van der Waals surface area (Å²) in [6.07, 6.45) is -0.413. The molecule has 1 atom stereocenters. The van der Waals surface area contributed by atoms with Gasteiger partial charge in [0.05, 0.1) is 18.7 Å². The first-order valence-electron chi connectivity index (χ1n) is 13.1. The van der Waals surface area contributed by atoms with E-state index in [0.717, 1.165) is 26.2 Å². The molecule has 2 heterocycles. The SMILES string of the molecule is O[C@H](CN1CCN(C2c3ccccc3-c3ccccc32)CC1)Cn1c2ccccc2c2ccccc21. The van der Waals surface area contributed by atoms with Gasteiger partial charge in [-0.2, -0.15) is 0 Å². The Morgan fingerprint density at radius 2 is 1.11 bits per heavy atom. The summed E-state index contributed by atoms with van der Waals surface area (Å²) in [7, 11) is 0. The standard InChI is InChI=1S/C32H31N3O/c36-23(22-35-30-15-7-5-11-26(30)27-12-6-8-16-31(27)35)21-33-17-19-34(20-18-33)32-28-13-3-1-9-24(28)25-10-2-4-14-29(25)32/h1-16,23,32,36H,17-22H2/t23-/m1/s1. The van der Waals surface area contributed by atoms with Gasteiger partial charge in [0.2, 0.25) is 0 Å². The first kappa shape index (κ1) is 21.8. The fraction of sp³-hybridized carbons (Fsp3) is 0.250. The average Bonchev–Trinajstić information content (AvgIpc) is 3.43. The largest absolute Gasteiger partial charge is 0.390 e. The van der Waals surface area contributed by atoms with Crippen LogP contribution in [0.1, 0.15) is 17.2 Å². The molecule has 0 spiro atoms. The van der Waals surface area contributed by atoms with Gasteiger partial charge in [-0.15, -0.1) is 0 Å². The van der Waals surface area contributed by atoms with Gasteiger partial charge in [0.1, 0.15) is 0 Å². The second-order valence-electron chi connectivity index (χ2n) is 10.2. The molecule has 2 aliphatic rings. The number of hydrogen-bond acceptors (Lipinski definition) is 3. The first-order chi connectivity index (χ1) is 17.8. The van der Waals surface area contributed by atoms with Gasteiger partial charge in [0.25, 0.3) is 0 Å². The van der Waals surface area contributed by atoms with Gasteiger partial charge >= 0.3 is 0 Å². The van der Waals surface area contributed by atoms with Crippen LogP contribution in [0, 0.1) is 0 Å². The molecule has 0 radical (unpaired) electrons. The van der Waals surface area contributed by atoms with Gasteiger partial charge in [0.15, 0.2) is 0 Å². The van der Waals surface area contributed by atoms with Crippen LogP contribution in [-0.4, -0.2) is 58.3 Å². The number of benzene rings is 4. The lowest BCUT2D eigenvalue weighted by molar-refractivity contribution is 0.0571. The molecule has 0 unspecified atom stereocenters. The van der Waals surface area contributed by atoms with Crippen molar-refractivity contribution < 1.29 is 5.11 Å². The third-order valence-electron chi connectivity index (χ3n) is 8.12. The molecule has 4 heteroatoms. The van der Waals surface area contributed by atoms with E-state index < -0.39 is 6.10 Å². The highest BCUT2D eigenvalue weighted by atomic mass is 16.3. The molecule has 1 aromatic heterocycles. The highest BCUT2D eigenvalue weighted by molar-refractivity contribution is 6.07. The van der Waals surface area contributed by atoms with Crippen molar-refractivity contribution in [3.05, 3.63) is 108 Å². The van der Waals surface area contributed by atoms with E-state index in [4.69, 9.17) is 0 Å². The summed E-state index contributed by atoms with van der Waals surface area (Å²) in [4.78, 5) is 5.06. The van der Waals surface area contributed by atoms with Crippen molar-refractivity contribution in [1.29, 1.82) is 0 Å². The Bertz CT molecular complexity index is 1450. The second-order valence-corrected chi connectivity index (χ2v) is 10.2. The van der Waals surface area contributed by atoms with Crippen molar-refractivity contribution in [3.8, 4) is 11.1 Å². The minimum Gasteiger partial charge on any atom is -0.390 e. The molecule has 5 aromatic rings. The topological polar surface area (TPSA) is 31.6 Å². The summed E-state index contributed by atoms with van der Waals surface area (Å²) >= 11 is 0. The average molecular weight is 474 g/mol. The third-order valence-corrected chi connectivity index (χ3v) is 8.12. The molecule has 1 aliphatic heterocycles. The van der Waals surface area contributed by atoms with Gasteiger partial charge in [-0.3, -0.25) is 9.80 Å². The molecule has 180 valence electrons. The van der Waals surface area contributed by atoms with E-state index in [1.807, 2.05) is 0 Å². The Balaban J connectivity index is 1.06. The van der Waals surface area contributed by atoms with E-state index in [9.17, 15) is 5.11 Å². The summed E-state index contributed by atoms with van der Waals surface area (Å²) < 4.78 is 2.29. The summed E-state index contributed by atoms with van der Waals surface area (Å²) in [5.41, 5.74) is 8.00. The maximum atomic E-state index is 11.2. The summed E-state index contributed by atoms with van der Waals surface area (Å²) in [6.45, 7) is 5.28. The molecule has 1 fully saturated rings. The predicted molar refractivity (Wildman–Crippen MR) is 147 cm³/mol. The Morgan fingerprint density at radius 3 is 1.69 bits per heavy atom. The van der Waals surface area contributed by atoms with Gasteiger partial charge in [0, 0.05) is 54.5 Å². The molecule has 1 aliphatic carbocycles. The number of nitrogens with zero attached hydrogens (tertiary/aromatic N) is 3. The van der Waals surface area contributed by atoms with E-state index in [-0.39, 0.29) is 0 Å². The number of aliphatic hydroxyl groups excluding tert-OH is 1. The molecule has 0 amide bonds. The van der Waals surface area contributed by atoms with Crippen molar-refractivity contribution in [2.75, 3.05) is 32.7 Å². The third kappa shape index (κ3) is 3.56. The minimum absolute atomic E-state index is 0.335. The van der Waals surface area contributed by atoms with Crippen LogP contribution in [0.5, 0.6) is 0 Å². The molecule has 4 aromatic carbocycles. The molecule has 1 N–H and O–H groups in total. The number of fused-ring (bicyclic) bond motifs is 6. The zero-order valence-corrected chi connectivity index (χ0v) is 20.4. The van der Waals surface area contributed by atoms with Crippen LogP contribution in [0.25, 0.3) is 32.9 Å². The normalized spacial score (nSPS) is 17.5. The molecule has 7 rings (SSSR count). The lowest BCUT2D eigenvalue weighted by atomic mass is 10.0. The zero-order valence-electron chi connectivity index (χ0n) is 20.4. The molecular weight excluding hydrogens is 442 g/mol. The van der Waals surface area contributed by atoms with E-state index in [0.29, 0.717) is 19.1 Å². The lowest BCUT2D eigenvalue weighted by Gasteiger charge is -2.39. The highest BCUT2D eigenvalue weighted by Gasteiger charge is 2.34. The van der Waals surface area contributed by atoms with Crippen LogP contribution in [0.4, 0.5) is 0 Å². The van der Waals surface area contributed by atoms with Crippen LogP contribution in [-0.2, 0) is 6.54 Å². The number of rotatable bonds is 5. The lowest BCUT2D eigenvalue weighted by Crippen LogP contribution is -2.49. The van der Waals surface area contributed by atoms with Gasteiger partial charge in [-0.1, -0.05) is 84.9 Å². The Labute approximate surface area is 212 Å². The van der Waals surface area contributed by atoms with Crippen LogP contribution < -0.4 is 0 Å². The van der Waals surface area contributed by atoms with Crippen molar-refractivity contribution >= 4 is 21.8 Å². The second kappa shape index (κ2) is 8.90. The van der Waals surface area contributed by atoms with Crippen molar-refractivity contribution in [3.63, 3.8) is 0 Å². The molecule has 36 heavy (non-hydrogen) atoms. The van der Waals surface area contributed by atoms with Crippen LogP contribution >= 0.6 is 0 Å². The minimum atomic E-state index is -0.413. The quantitative estimate of drug-likeness (QED) is 0.364. The smallest absolute Gasteiger partial charge is 0.0845 e. The van der Waals surface area contributed by atoms with Gasteiger partial charge in [-0.05, 0) is 34.4 Å². The number of para-hydroxylation sites is 2. The van der Waals surface area contributed by atoms with Gasteiger partial charge < -0.3 is 9.67 Å². The maximum Gasteiger partial charge on any atom is 0.0845 e. The van der Waals surface area contributed by atoms with Gasteiger partial charge in [-0.25, -0.2) is 0 Å². The molecule has 1 saturated heterocycles. The van der Waals surface area contributed by atoms with E-state index in [1.54, 1.807) is 0 Å².